The van der Waals surface area contributed by atoms with Gasteiger partial charge in [0.05, 0.1) is 10.6 Å². The Morgan fingerprint density at radius 1 is 1.29 bits per heavy atom. The maximum atomic E-state index is 13.5. The zero-order chi connectivity index (χ0) is 15.0. The molecule has 0 aromatic heterocycles. The van der Waals surface area contributed by atoms with Crippen LogP contribution in [0, 0.1) is 5.82 Å². The minimum absolute atomic E-state index is 0.0584. The van der Waals surface area contributed by atoms with Crippen LogP contribution in [0.15, 0.2) is 23.1 Å². The second-order valence-electron chi connectivity index (χ2n) is 5.82. The third-order valence-corrected chi connectivity index (χ3v) is 7.51. The monoisotopic (exact) mass is 329 g/mol. The first-order valence-corrected chi connectivity index (χ1v) is 10.3. The van der Waals surface area contributed by atoms with Crippen LogP contribution in [-0.4, -0.2) is 31.7 Å². The predicted molar refractivity (Wildman–Crippen MR) is 83.9 cm³/mol. The van der Waals surface area contributed by atoms with Gasteiger partial charge in [-0.15, -0.1) is 0 Å². The predicted octanol–water partition coefficient (Wildman–Crippen LogP) is 2.92. The summed E-state index contributed by atoms with van der Waals surface area (Å²) in [6, 6.07) is 4.36. The molecule has 3 rings (SSSR count). The molecule has 0 bridgehead atoms. The van der Waals surface area contributed by atoms with E-state index >= 15 is 0 Å². The molecular weight excluding hydrogens is 309 g/mol. The van der Waals surface area contributed by atoms with Crippen LogP contribution in [0.5, 0.6) is 0 Å². The lowest BCUT2D eigenvalue weighted by atomic mass is 10.0. The van der Waals surface area contributed by atoms with Gasteiger partial charge >= 0.3 is 0 Å². The van der Waals surface area contributed by atoms with Crippen molar-refractivity contribution in [2.75, 3.05) is 12.0 Å². The van der Waals surface area contributed by atoms with E-state index in [0.717, 1.165) is 6.42 Å². The van der Waals surface area contributed by atoms with Gasteiger partial charge in [-0.2, -0.15) is 11.8 Å². The van der Waals surface area contributed by atoms with Gasteiger partial charge in [-0.3, -0.25) is 0 Å². The largest absolute Gasteiger partial charge is 0.306 e. The SMILES string of the molecule is CSC1CCCC1NC1CCS(=O)(=O)c2ccc(F)cc21. The number of halogens is 1. The molecule has 116 valence electrons. The molecule has 1 fully saturated rings. The summed E-state index contributed by atoms with van der Waals surface area (Å²) in [5, 5.41) is 4.16. The van der Waals surface area contributed by atoms with E-state index in [0.29, 0.717) is 28.2 Å². The molecule has 2 aliphatic rings. The Hall–Kier alpha value is -0.590. The van der Waals surface area contributed by atoms with Gasteiger partial charge in [-0.25, -0.2) is 12.8 Å². The van der Waals surface area contributed by atoms with Gasteiger partial charge in [0.25, 0.3) is 0 Å². The maximum absolute atomic E-state index is 13.5. The van der Waals surface area contributed by atoms with E-state index in [1.165, 1.54) is 31.0 Å². The number of fused-ring (bicyclic) bond motifs is 1. The average Bonchev–Trinajstić information content (AvgIpc) is 2.89. The summed E-state index contributed by atoms with van der Waals surface area (Å²) in [6.45, 7) is 0. The lowest BCUT2D eigenvalue weighted by molar-refractivity contribution is 0.421. The molecule has 1 aliphatic carbocycles. The number of thioether (sulfide) groups is 1. The molecule has 3 nitrogen and oxygen atoms in total. The first kappa shape index (κ1) is 15.3. The third-order valence-electron chi connectivity index (χ3n) is 4.53. The normalized spacial score (nSPS) is 31.0. The van der Waals surface area contributed by atoms with Gasteiger partial charge in [0.15, 0.2) is 9.84 Å². The van der Waals surface area contributed by atoms with E-state index in [4.69, 9.17) is 0 Å². The van der Waals surface area contributed by atoms with Gasteiger partial charge in [0.2, 0.25) is 0 Å². The Morgan fingerprint density at radius 2 is 2.10 bits per heavy atom. The van der Waals surface area contributed by atoms with Crippen molar-refractivity contribution >= 4 is 21.6 Å². The number of sulfone groups is 1. The first-order valence-electron chi connectivity index (χ1n) is 7.32. The minimum atomic E-state index is -3.26. The van der Waals surface area contributed by atoms with Crippen molar-refractivity contribution in [1.82, 2.24) is 5.32 Å². The van der Waals surface area contributed by atoms with Crippen molar-refractivity contribution in [1.29, 1.82) is 0 Å². The van der Waals surface area contributed by atoms with Crippen LogP contribution >= 0.6 is 11.8 Å². The average molecular weight is 329 g/mol. The molecule has 1 heterocycles. The Bertz CT molecular complexity index is 633. The summed E-state index contributed by atoms with van der Waals surface area (Å²) in [4.78, 5) is 0.298. The Kier molecular flexibility index (Phi) is 4.30. The summed E-state index contributed by atoms with van der Waals surface area (Å²) < 4.78 is 37.8. The van der Waals surface area contributed by atoms with Crippen LogP contribution in [0.2, 0.25) is 0 Å². The maximum Gasteiger partial charge on any atom is 0.178 e. The van der Waals surface area contributed by atoms with Crippen molar-refractivity contribution in [3.63, 3.8) is 0 Å². The zero-order valence-electron chi connectivity index (χ0n) is 12.0. The van der Waals surface area contributed by atoms with E-state index in [-0.39, 0.29) is 17.6 Å². The van der Waals surface area contributed by atoms with E-state index in [9.17, 15) is 12.8 Å². The Labute approximate surface area is 129 Å². The Balaban J connectivity index is 1.89. The number of benzene rings is 1. The number of hydrogen-bond donors (Lipinski definition) is 1. The topological polar surface area (TPSA) is 46.2 Å². The quantitative estimate of drug-likeness (QED) is 0.866. The highest BCUT2D eigenvalue weighted by Gasteiger charge is 2.34. The summed E-state index contributed by atoms with van der Waals surface area (Å²) in [6.07, 6.45) is 6.14. The minimum Gasteiger partial charge on any atom is -0.306 e. The summed E-state index contributed by atoms with van der Waals surface area (Å²) in [5.41, 5.74) is 0.605. The molecule has 1 aromatic rings. The van der Waals surface area contributed by atoms with E-state index < -0.39 is 9.84 Å². The number of rotatable bonds is 3. The second-order valence-corrected chi connectivity index (χ2v) is 8.97. The fourth-order valence-corrected chi connectivity index (χ4v) is 5.99. The van der Waals surface area contributed by atoms with Crippen LogP contribution in [0.25, 0.3) is 0 Å². The molecule has 3 atom stereocenters. The highest BCUT2D eigenvalue weighted by Crippen LogP contribution is 2.36. The van der Waals surface area contributed by atoms with Crippen molar-refractivity contribution in [2.45, 2.75) is 47.9 Å². The fourth-order valence-electron chi connectivity index (χ4n) is 3.44. The van der Waals surface area contributed by atoms with Gasteiger partial charge < -0.3 is 5.32 Å². The molecular formula is C15H20FNO2S2. The van der Waals surface area contributed by atoms with E-state index in [2.05, 4.69) is 11.6 Å². The Morgan fingerprint density at radius 3 is 2.86 bits per heavy atom. The summed E-state index contributed by atoms with van der Waals surface area (Å²) in [7, 11) is -3.26. The molecule has 1 aliphatic heterocycles. The lowest BCUT2D eigenvalue weighted by Gasteiger charge is -2.31. The number of hydrogen-bond acceptors (Lipinski definition) is 4. The van der Waals surface area contributed by atoms with Crippen molar-refractivity contribution in [3.05, 3.63) is 29.6 Å². The molecule has 21 heavy (non-hydrogen) atoms. The standard InChI is InChI=1S/C15H20FNO2S2/c1-20-14-4-2-3-13(14)17-12-7-8-21(18,19)15-6-5-10(16)9-11(12)15/h5-6,9,12-14,17H,2-4,7-8H2,1H3. The lowest BCUT2D eigenvalue weighted by Crippen LogP contribution is -2.39. The molecule has 1 saturated carbocycles. The third kappa shape index (κ3) is 2.98. The van der Waals surface area contributed by atoms with E-state index in [1.807, 2.05) is 11.8 Å². The zero-order valence-corrected chi connectivity index (χ0v) is 13.6. The van der Waals surface area contributed by atoms with Crippen LogP contribution in [-0.2, 0) is 9.84 Å². The molecule has 1 aromatic carbocycles. The first-order chi connectivity index (χ1) is 10.0. The fraction of sp³-hybridized carbons (Fsp3) is 0.600. The summed E-state index contributed by atoms with van der Waals surface area (Å²) in [5.74, 6) is -0.231. The van der Waals surface area contributed by atoms with Gasteiger partial charge in [-0.05, 0) is 49.3 Å². The smallest absolute Gasteiger partial charge is 0.178 e. The van der Waals surface area contributed by atoms with Gasteiger partial charge in [0.1, 0.15) is 5.82 Å². The van der Waals surface area contributed by atoms with Gasteiger partial charge in [-0.1, -0.05) is 6.42 Å². The van der Waals surface area contributed by atoms with Crippen LogP contribution < -0.4 is 5.32 Å². The molecule has 1 N–H and O–H groups in total. The molecule has 0 spiro atoms. The van der Waals surface area contributed by atoms with Crippen molar-refractivity contribution in [3.8, 4) is 0 Å². The molecule has 3 unspecified atom stereocenters. The summed E-state index contributed by atoms with van der Waals surface area (Å²) >= 11 is 1.86. The second kappa shape index (κ2) is 5.89. The number of nitrogens with one attached hydrogen (secondary N) is 1. The van der Waals surface area contributed by atoms with Gasteiger partial charge in [0, 0.05) is 17.3 Å². The van der Waals surface area contributed by atoms with Crippen molar-refractivity contribution in [2.24, 2.45) is 0 Å². The van der Waals surface area contributed by atoms with Crippen LogP contribution in [0.1, 0.15) is 37.3 Å². The molecule has 6 heteroatoms. The van der Waals surface area contributed by atoms with E-state index in [1.54, 1.807) is 0 Å². The van der Waals surface area contributed by atoms with Crippen LogP contribution in [0.4, 0.5) is 4.39 Å². The van der Waals surface area contributed by atoms with Crippen LogP contribution in [0.3, 0.4) is 0 Å². The molecule has 0 amide bonds. The molecule has 0 radical (unpaired) electrons. The van der Waals surface area contributed by atoms with Crippen molar-refractivity contribution < 1.29 is 12.8 Å². The molecule has 0 saturated heterocycles. The highest BCUT2D eigenvalue weighted by atomic mass is 32.2. The highest BCUT2D eigenvalue weighted by molar-refractivity contribution is 7.99.